The zero-order chi connectivity index (χ0) is 19.7. The lowest BCUT2D eigenvalue weighted by Crippen LogP contribution is -2.46. The minimum absolute atomic E-state index is 0.199. The third-order valence-corrected chi connectivity index (χ3v) is 4.92. The molecule has 10 nitrogen and oxygen atoms in total. The number of H-pyrrole nitrogens is 3. The van der Waals surface area contributed by atoms with Crippen LogP contribution < -0.4 is 21.5 Å². The van der Waals surface area contributed by atoms with Gasteiger partial charge in [0.05, 0.1) is 17.3 Å². The number of rotatable bonds is 4. The Morgan fingerprint density at radius 2 is 1.93 bits per heavy atom. The van der Waals surface area contributed by atoms with Gasteiger partial charge in [-0.05, 0) is 18.2 Å². The van der Waals surface area contributed by atoms with Gasteiger partial charge >= 0.3 is 5.69 Å². The van der Waals surface area contributed by atoms with Crippen molar-refractivity contribution in [3.8, 4) is 0 Å². The Morgan fingerprint density at radius 1 is 1.14 bits per heavy atom. The fourth-order valence-electron chi connectivity index (χ4n) is 3.43. The third kappa shape index (κ3) is 3.54. The van der Waals surface area contributed by atoms with E-state index in [4.69, 9.17) is 0 Å². The number of amides is 1. The number of piperazine rings is 1. The molecule has 0 bridgehead atoms. The summed E-state index contributed by atoms with van der Waals surface area (Å²) in [6, 6.07) is 5.41. The highest BCUT2D eigenvalue weighted by molar-refractivity contribution is 5.92. The van der Waals surface area contributed by atoms with Gasteiger partial charge in [-0.1, -0.05) is 0 Å². The van der Waals surface area contributed by atoms with E-state index in [1.165, 1.54) is 0 Å². The summed E-state index contributed by atoms with van der Waals surface area (Å²) in [4.78, 5) is 51.5. The number of nitrogens with one attached hydrogen (secondary N) is 4. The zero-order valence-corrected chi connectivity index (χ0v) is 15.4. The molecule has 1 aliphatic heterocycles. The van der Waals surface area contributed by atoms with Gasteiger partial charge in [0, 0.05) is 45.5 Å². The van der Waals surface area contributed by atoms with Gasteiger partial charge in [-0.25, -0.2) is 9.78 Å². The summed E-state index contributed by atoms with van der Waals surface area (Å²) in [6.45, 7) is 4.02. The zero-order valence-electron chi connectivity index (χ0n) is 15.4. The van der Waals surface area contributed by atoms with Crippen LogP contribution in [-0.2, 0) is 6.54 Å². The molecule has 10 heteroatoms. The van der Waals surface area contributed by atoms with Crippen molar-refractivity contribution in [2.24, 2.45) is 0 Å². The van der Waals surface area contributed by atoms with E-state index in [9.17, 15) is 14.4 Å². The van der Waals surface area contributed by atoms with Crippen molar-refractivity contribution in [1.82, 2.24) is 30.2 Å². The first-order valence-corrected chi connectivity index (χ1v) is 9.03. The Hall–Kier alpha value is -3.40. The molecule has 0 aliphatic carbocycles. The van der Waals surface area contributed by atoms with Crippen LogP contribution >= 0.6 is 0 Å². The molecular weight excluding hydrogens is 362 g/mol. The first-order chi connectivity index (χ1) is 13.5. The second-order valence-electron chi connectivity index (χ2n) is 6.74. The number of fused-ring (bicyclic) bond motifs is 1. The molecule has 28 heavy (non-hydrogen) atoms. The van der Waals surface area contributed by atoms with Crippen molar-refractivity contribution in [2.45, 2.75) is 6.54 Å². The molecule has 1 aliphatic rings. The Kier molecular flexibility index (Phi) is 4.70. The Balaban J connectivity index is 1.39. The van der Waals surface area contributed by atoms with Crippen LogP contribution in [0.1, 0.15) is 16.2 Å². The Bertz CT molecular complexity index is 1100. The molecule has 1 fully saturated rings. The fraction of sp³-hybridized carbons (Fsp3) is 0.333. The number of nitrogens with zero attached hydrogens (tertiary/aromatic N) is 3. The van der Waals surface area contributed by atoms with E-state index in [-0.39, 0.29) is 5.91 Å². The maximum absolute atomic E-state index is 11.8. The average Bonchev–Trinajstić information content (AvgIpc) is 3.11. The van der Waals surface area contributed by atoms with Gasteiger partial charge in [0.25, 0.3) is 11.5 Å². The number of carbonyl (C=O) groups excluding carboxylic acids is 1. The predicted octanol–water partition coefficient (Wildman–Crippen LogP) is -0.379. The van der Waals surface area contributed by atoms with Crippen molar-refractivity contribution >= 4 is 22.6 Å². The summed E-state index contributed by atoms with van der Waals surface area (Å²) < 4.78 is 0. The van der Waals surface area contributed by atoms with Gasteiger partial charge in [-0.2, -0.15) is 0 Å². The topological polar surface area (TPSA) is 130 Å². The van der Waals surface area contributed by atoms with Crippen LogP contribution in [0.5, 0.6) is 0 Å². The van der Waals surface area contributed by atoms with Gasteiger partial charge in [0.1, 0.15) is 11.3 Å². The van der Waals surface area contributed by atoms with E-state index in [0.717, 1.165) is 37.6 Å². The Morgan fingerprint density at radius 3 is 2.61 bits per heavy atom. The van der Waals surface area contributed by atoms with Gasteiger partial charge in [0.2, 0.25) is 0 Å². The number of aromatic amines is 3. The normalized spacial score (nSPS) is 15.1. The Labute approximate surface area is 159 Å². The van der Waals surface area contributed by atoms with Crippen LogP contribution in [0.3, 0.4) is 0 Å². The molecule has 0 atom stereocenters. The van der Waals surface area contributed by atoms with Crippen molar-refractivity contribution < 1.29 is 4.79 Å². The summed E-state index contributed by atoms with van der Waals surface area (Å²) in [5.41, 5.74) is 1.81. The maximum Gasteiger partial charge on any atom is 0.327 e. The van der Waals surface area contributed by atoms with Crippen LogP contribution in [0.2, 0.25) is 0 Å². The van der Waals surface area contributed by atoms with Crippen LogP contribution in [0.4, 0.5) is 5.69 Å². The average molecular weight is 383 g/mol. The second-order valence-corrected chi connectivity index (χ2v) is 6.74. The molecule has 4 N–H and O–H groups in total. The quantitative estimate of drug-likeness (QED) is 0.486. The SMILES string of the molecule is CNC(=O)c1ccc(N2CCN(Cc3cc4c(=O)[nH]c(=O)[nH]c4[nH]3)CC2)cn1. The summed E-state index contributed by atoms with van der Waals surface area (Å²) in [5.74, 6) is -0.199. The first kappa shape index (κ1) is 18.0. The van der Waals surface area contributed by atoms with Crippen molar-refractivity contribution in [3.05, 3.63) is 56.6 Å². The number of anilines is 1. The molecule has 1 saturated heterocycles. The maximum atomic E-state index is 11.8. The van der Waals surface area contributed by atoms with E-state index in [1.807, 2.05) is 6.07 Å². The van der Waals surface area contributed by atoms with Crippen LogP contribution in [0.25, 0.3) is 11.0 Å². The van der Waals surface area contributed by atoms with E-state index in [0.29, 0.717) is 23.3 Å². The lowest BCUT2D eigenvalue weighted by molar-refractivity contribution is 0.0958. The molecule has 0 saturated carbocycles. The van der Waals surface area contributed by atoms with Gasteiger partial charge < -0.3 is 15.2 Å². The number of carbonyl (C=O) groups is 1. The molecule has 0 radical (unpaired) electrons. The number of pyridine rings is 1. The minimum atomic E-state index is -0.518. The summed E-state index contributed by atoms with van der Waals surface area (Å²) in [6.07, 6.45) is 1.72. The lowest BCUT2D eigenvalue weighted by Gasteiger charge is -2.35. The predicted molar refractivity (Wildman–Crippen MR) is 105 cm³/mol. The molecule has 1 amide bonds. The number of hydrogen-bond donors (Lipinski definition) is 4. The second kappa shape index (κ2) is 7.31. The monoisotopic (exact) mass is 383 g/mol. The number of aromatic nitrogens is 4. The van der Waals surface area contributed by atoms with E-state index < -0.39 is 11.2 Å². The van der Waals surface area contributed by atoms with E-state index in [2.05, 4.69) is 35.1 Å². The van der Waals surface area contributed by atoms with E-state index >= 15 is 0 Å². The molecule has 4 heterocycles. The molecule has 3 aromatic rings. The number of hydrogen-bond acceptors (Lipinski definition) is 6. The van der Waals surface area contributed by atoms with Crippen molar-refractivity contribution in [3.63, 3.8) is 0 Å². The third-order valence-electron chi connectivity index (χ3n) is 4.92. The highest BCUT2D eigenvalue weighted by Crippen LogP contribution is 2.17. The molecule has 146 valence electrons. The van der Waals surface area contributed by atoms with Crippen LogP contribution in [0.15, 0.2) is 34.0 Å². The van der Waals surface area contributed by atoms with E-state index in [1.54, 1.807) is 25.4 Å². The van der Waals surface area contributed by atoms with Gasteiger partial charge in [0.15, 0.2) is 0 Å². The largest absolute Gasteiger partial charge is 0.368 e. The van der Waals surface area contributed by atoms with Crippen LogP contribution in [0, 0.1) is 0 Å². The molecule has 0 spiro atoms. The molecule has 0 aromatic carbocycles. The van der Waals surface area contributed by atoms with Gasteiger partial charge in [-0.3, -0.25) is 24.5 Å². The highest BCUT2D eigenvalue weighted by atomic mass is 16.2. The van der Waals surface area contributed by atoms with Gasteiger partial charge in [-0.15, -0.1) is 0 Å². The summed E-state index contributed by atoms with van der Waals surface area (Å²) in [5, 5.41) is 3.01. The smallest absolute Gasteiger partial charge is 0.327 e. The molecular formula is C18H21N7O3. The van der Waals surface area contributed by atoms with Crippen molar-refractivity contribution in [2.75, 3.05) is 38.1 Å². The molecule has 4 rings (SSSR count). The van der Waals surface area contributed by atoms with Crippen molar-refractivity contribution in [1.29, 1.82) is 0 Å². The minimum Gasteiger partial charge on any atom is -0.368 e. The fourth-order valence-corrected chi connectivity index (χ4v) is 3.43. The first-order valence-electron chi connectivity index (χ1n) is 9.03. The standard InChI is InChI=1S/C18H21N7O3/c1-19-17(27)14-3-2-12(9-20-14)25-6-4-24(5-7-25)10-11-8-13-15(21-11)22-18(28)23-16(13)26/h2-3,8-9H,4-7,10H2,1H3,(H,19,27)(H3,21,22,23,26,28). The lowest BCUT2D eigenvalue weighted by atomic mass is 10.2. The molecule has 3 aromatic heterocycles. The molecule has 0 unspecified atom stereocenters. The summed E-state index contributed by atoms with van der Waals surface area (Å²) in [7, 11) is 1.58. The highest BCUT2D eigenvalue weighted by Gasteiger charge is 2.19. The summed E-state index contributed by atoms with van der Waals surface area (Å²) >= 11 is 0. The van der Waals surface area contributed by atoms with Crippen LogP contribution in [-0.4, -0.2) is 64.0 Å².